The summed E-state index contributed by atoms with van der Waals surface area (Å²) in [7, 11) is 0. The van der Waals surface area contributed by atoms with Crippen LogP contribution in [0.25, 0.3) is 0 Å². The molecule has 4 nitrogen and oxygen atoms in total. The maximum atomic E-state index is 4.28. The second kappa shape index (κ2) is 5.96. The lowest BCUT2D eigenvalue weighted by Gasteiger charge is -2.05. The average molecular weight is 192 g/mol. The summed E-state index contributed by atoms with van der Waals surface area (Å²) in [6, 6.07) is 0. The topological polar surface area (TPSA) is 48.8 Å². The van der Waals surface area contributed by atoms with E-state index in [0.29, 0.717) is 5.71 Å². The number of guanidine groups is 1. The van der Waals surface area contributed by atoms with E-state index in [4.69, 9.17) is 0 Å². The molecule has 1 heterocycles. The van der Waals surface area contributed by atoms with Crippen molar-refractivity contribution in [3.8, 4) is 0 Å². The Morgan fingerprint density at radius 1 is 1.43 bits per heavy atom. The molecule has 0 bridgehead atoms. The van der Waals surface area contributed by atoms with Gasteiger partial charge in [0.1, 0.15) is 0 Å². The van der Waals surface area contributed by atoms with Gasteiger partial charge in [0.05, 0.1) is 5.71 Å². The summed E-state index contributed by atoms with van der Waals surface area (Å²) in [5, 5.41) is 7.21. The Morgan fingerprint density at radius 2 is 2.21 bits per heavy atom. The summed E-state index contributed by atoms with van der Waals surface area (Å²) < 4.78 is 0. The van der Waals surface area contributed by atoms with Crippen molar-refractivity contribution >= 4 is 11.7 Å². The molecule has 2 N–H and O–H groups in total. The maximum Gasteiger partial charge on any atom is 0.212 e. The molecular formula is C10H16N4. The van der Waals surface area contributed by atoms with Gasteiger partial charge >= 0.3 is 0 Å². The number of nitrogens with one attached hydrogen (secondary N) is 2. The Labute approximate surface area is 84.5 Å². The molecule has 0 spiro atoms. The van der Waals surface area contributed by atoms with Crippen LogP contribution in [-0.2, 0) is 0 Å². The predicted octanol–water partition coefficient (Wildman–Crippen LogP) is 1.04. The van der Waals surface area contributed by atoms with Gasteiger partial charge in [-0.1, -0.05) is 13.2 Å². The molecule has 0 radical (unpaired) electrons. The van der Waals surface area contributed by atoms with Crippen LogP contribution >= 0.6 is 0 Å². The summed E-state index contributed by atoms with van der Waals surface area (Å²) in [4.78, 5) is 4.28. The van der Waals surface area contributed by atoms with Gasteiger partial charge in [-0.3, -0.25) is 4.99 Å². The van der Waals surface area contributed by atoms with Gasteiger partial charge in [0.25, 0.3) is 0 Å². The van der Waals surface area contributed by atoms with Gasteiger partial charge < -0.3 is 5.32 Å². The van der Waals surface area contributed by atoms with Crippen LogP contribution < -0.4 is 10.7 Å². The first kappa shape index (κ1) is 10.5. The number of hydrazone groups is 1. The van der Waals surface area contributed by atoms with Crippen molar-refractivity contribution < 1.29 is 0 Å². The van der Waals surface area contributed by atoms with Gasteiger partial charge in [0.15, 0.2) is 0 Å². The Hall–Kier alpha value is -1.58. The zero-order valence-electron chi connectivity index (χ0n) is 8.29. The largest absolute Gasteiger partial charge is 0.355 e. The molecule has 0 aromatic heterocycles. The highest BCUT2D eigenvalue weighted by atomic mass is 15.4. The zero-order valence-corrected chi connectivity index (χ0v) is 8.29. The quantitative estimate of drug-likeness (QED) is 0.518. The van der Waals surface area contributed by atoms with Crippen LogP contribution in [0.2, 0.25) is 0 Å². The summed E-state index contributed by atoms with van der Waals surface area (Å²) >= 11 is 0. The minimum absolute atomic E-state index is 0.707. The van der Waals surface area contributed by atoms with Crippen LogP contribution in [0.15, 0.2) is 35.4 Å². The molecule has 4 heteroatoms. The van der Waals surface area contributed by atoms with Crippen molar-refractivity contribution in [1.82, 2.24) is 10.7 Å². The highest BCUT2D eigenvalue weighted by molar-refractivity contribution is 6.03. The zero-order chi connectivity index (χ0) is 10.2. The summed E-state index contributed by atoms with van der Waals surface area (Å²) in [6.07, 6.45) is 5.54. The molecule has 0 atom stereocenters. The highest BCUT2D eigenvalue weighted by Crippen LogP contribution is 1.92. The van der Waals surface area contributed by atoms with E-state index in [1.807, 2.05) is 0 Å². The third-order valence-electron chi connectivity index (χ3n) is 1.86. The van der Waals surface area contributed by atoms with E-state index in [-0.39, 0.29) is 0 Å². The fourth-order valence-electron chi connectivity index (χ4n) is 1.06. The Bertz CT molecular complexity index is 255. The predicted molar refractivity (Wildman–Crippen MR) is 60.5 cm³/mol. The van der Waals surface area contributed by atoms with E-state index in [1.54, 1.807) is 12.2 Å². The van der Waals surface area contributed by atoms with Crippen LogP contribution in [0, 0.1) is 0 Å². The molecule has 0 unspecified atom stereocenters. The van der Waals surface area contributed by atoms with Gasteiger partial charge in [0.2, 0.25) is 5.96 Å². The van der Waals surface area contributed by atoms with E-state index in [0.717, 1.165) is 31.9 Å². The number of nitrogens with zero attached hydrogens (tertiary/aromatic N) is 2. The molecule has 0 saturated heterocycles. The Morgan fingerprint density at radius 3 is 2.93 bits per heavy atom. The van der Waals surface area contributed by atoms with Crippen molar-refractivity contribution in [1.29, 1.82) is 0 Å². The first-order chi connectivity index (χ1) is 6.86. The molecule has 0 aromatic rings. The number of hydrogen-bond donors (Lipinski definition) is 2. The molecule has 0 amide bonds. The molecule has 76 valence electrons. The van der Waals surface area contributed by atoms with Gasteiger partial charge in [-0.2, -0.15) is 5.10 Å². The first-order valence-electron chi connectivity index (χ1n) is 4.73. The van der Waals surface area contributed by atoms with Crippen LogP contribution in [0.1, 0.15) is 12.8 Å². The first-order valence-corrected chi connectivity index (χ1v) is 4.73. The smallest absolute Gasteiger partial charge is 0.212 e. The molecule has 0 aliphatic carbocycles. The van der Waals surface area contributed by atoms with E-state index in [2.05, 4.69) is 34.0 Å². The average Bonchev–Trinajstić information content (AvgIpc) is 2.48. The molecule has 0 saturated carbocycles. The van der Waals surface area contributed by atoms with E-state index in [9.17, 15) is 0 Å². The highest BCUT2D eigenvalue weighted by Gasteiger charge is 2.00. The summed E-state index contributed by atoms with van der Waals surface area (Å²) in [5.74, 6) is 0.726. The Kier molecular flexibility index (Phi) is 4.47. The lowest BCUT2D eigenvalue weighted by Crippen LogP contribution is -2.34. The van der Waals surface area contributed by atoms with Crippen molar-refractivity contribution in [3.05, 3.63) is 25.3 Å². The van der Waals surface area contributed by atoms with Crippen LogP contribution in [-0.4, -0.2) is 24.8 Å². The number of aliphatic imine (C=N–C) groups is 1. The van der Waals surface area contributed by atoms with E-state index in [1.165, 1.54) is 0 Å². The number of hydrogen-bond acceptors (Lipinski definition) is 4. The third kappa shape index (κ3) is 3.43. The van der Waals surface area contributed by atoms with Gasteiger partial charge in [-0.15, -0.1) is 0 Å². The standard InChI is InChI=1S/C10H16N4/c1-3-9(4-2)13-14-10-11-7-5-6-8-12-10/h3-4H,1-2,5-8H2,(H2,11,12,14). The van der Waals surface area contributed by atoms with Crippen LogP contribution in [0.5, 0.6) is 0 Å². The monoisotopic (exact) mass is 192 g/mol. The molecule has 0 fully saturated rings. The number of rotatable bonds is 3. The summed E-state index contributed by atoms with van der Waals surface area (Å²) in [5.41, 5.74) is 3.56. The minimum Gasteiger partial charge on any atom is -0.355 e. The van der Waals surface area contributed by atoms with Gasteiger partial charge in [-0.05, 0) is 25.0 Å². The molecule has 0 aromatic carbocycles. The summed E-state index contributed by atoms with van der Waals surface area (Å²) in [6.45, 7) is 9.02. The fourth-order valence-corrected chi connectivity index (χ4v) is 1.06. The maximum absolute atomic E-state index is 4.28. The molecule has 1 rings (SSSR count). The SMILES string of the molecule is C=CC(C=C)=NNC1=NCCCCN1. The van der Waals surface area contributed by atoms with Crippen molar-refractivity contribution in [2.75, 3.05) is 13.1 Å². The van der Waals surface area contributed by atoms with Crippen LogP contribution in [0.4, 0.5) is 0 Å². The van der Waals surface area contributed by atoms with E-state index < -0.39 is 0 Å². The third-order valence-corrected chi connectivity index (χ3v) is 1.86. The fraction of sp³-hybridized carbons (Fsp3) is 0.400. The second-order valence-corrected chi connectivity index (χ2v) is 2.92. The Balaban J connectivity index is 2.49. The van der Waals surface area contributed by atoms with Gasteiger partial charge in [-0.25, -0.2) is 5.43 Å². The number of allylic oxidation sites excluding steroid dienone is 2. The van der Waals surface area contributed by atoms with Gasteiger partial charge in [0, 0.05) is 13.1 Å². The van der Waals surface area contributed by atoms with E-state index >= 15 is 0 Å². The molecule has 14 heavy (non-hydrogen) atoms. The molecule has 1 aliphatic heterocycles. The minimum atomic E-state index is 0.707. The van der Waals surface area contributed by atoms with Crippen molar-refractivity contribution in [2.45, 2.75) is 12.8 Å². The molecule has 1 aliphatic rings. The normalized spacial score (nSPS) is 15.6. The second-order valence-electron chi connectivity index (χ2n) is 2.92. The molecular weight excluding hydrogens is 176 g/mol. The van der Waals surface area contributed by atoms with Crippen molar-refractivity contribution in [3.63, 3.8) is 0 Å². The lowest BCUT2D eigenvalue weighted by atomic mass is 10.3. The van der Waals surface area contributed by atoms with Crippen LogP contribution in [0.3, 0.4) is 0 Å². The van der Waals surface area contributed by atoms with Crippen molar-refractivity contribution in [2.24, 2.45) is 10.1 Å². The lowest BCUT2D eigenvalue weighted by molar-refractivity contribution is 0.745.